The molecular formula is C11H15NO4. The molecule has 2 atom stereocenters. The van der Waals surface area contributed by atoms with Gasteiger partial charge in [-0.3, -0.25) is 4.79 Å². The number of amides is 1. The van der Waals surface area contributed by atoms with Gasteiger partial charge in [0.05, 0.1) is 31.8 Å². The highest BCUT2D eigenvalue weighted by Gasteiger charge is 2.45. The zero-order valence-electron chi connectivity index (χ0n) is 8.96. The molecular weight excluding hydrogens is 210 g/mol. The molecule has 0 aromatic carbocycles. The predicted molar refractivity (Wildman–Crippen MR) is 54.5 cm³/mol. The first kappa shape index (κ1) is 10.3. The number of aliphatic hydroxyl groups is 1. The molecule has 5 nitrogen and oxygen atoms in total. The van der Waals surface area contributed by atoms with Gasteiger partial charge in [0, 0.05) is 12.1 Å². The van der Waals surface area contributed by atoms with Gasteiger partial charge in [-0.2, -0.15) is 0 Å². The summed E-state index contributed by atoms with van der Waals surface area (Å²) in [6.45, 7) is 1.86. The van der Waals surface area contributed by atoms with E-state index in [4.69, 9.17) is 9.47 Å². The zero-order chi connectivity index (χ0) is 11.1. The van der Waals surface area contributed by atoms with E-state index in [1.54, 1.807) is 4.90 Å². The summed E-state index contributed by atoms with van der Waals surface area (Å²) in [5.41, 5.74) is 0.919. The van der Waals surface area contributed by atoms with Gasteiger partial charge in [-0.1, -0.05) is 6.08 Å². The summed E-state index contributed by atoms with van der Waals surface area (Å²) in [6.07, 6.45) is 2.08. The third-order valence-corrected chi connectivity index (χ3v) is 3.39. The molecule has 3 aliphatic rings. The van der Waals surface area contributed by atoms with Gasteiger partial charge in [-0.05, 0) is 6.42 Å². The molecule has 2 saturated heterocycles. The first-order valence-corrected chi connectivity index (χ1v) is 5.68. The second-order valence-corrected chi connectivity index (χ2v) is 4.37. The third-order valence-electron chi connectivity index (χ3n) is 3.39. The number of aliphatic hydroxyl groups excluding tert-OH is 1. The second kappa shape index (κ2) is 3.84. The molecule has 5 heteroatoms. The SMILES string of the molecule is O=C1C[C@H](O)[C@H]2C(C3OCCO3)=CCCN12. The Hall–Kier alpha value is -0.910. The summed E-state index contributed by atoms with van der Waals surface area (Å²) in [5.74, 6) is 0.0288. The van der Waals surface area contributed by atoms with Crippen LogP contribution in [0.4, 0.5) is 0 Å². The standard InChI is InChI=1S/C11H15NO4/c13-8-6-9(14)12-3-1-2-7(10(8)12)11-15-4-5-16-11/h2,8,10-11,13H,1,3-6H2/t8-,10+/m0/s1. The second-order valence-electron chi connectivity index (χ2n) is 4.37. The van der Waals surface area contributed by atoms with E-state index in [0.29, 0.717) is 19.8 Å². The van der Waals surface area contributed by atoms with E-state index in [0.717, 1.165) is 12.0 Å². The molecule has 1 amide bonds. The van der Waals surface area contributed by atoms with E-state index >= 15 is 0 Å². The van der Waals surface area contributed by atoms with Crippen LogP contribution in [0, 0.1) is 0 Å². The molecule has 0 saturated carbocycles. The first-order chi connectivity index (χ1) is 7.77. The number of carbonyl (C=O) groups excluding carboxylic acids is 1. The third kappa shape index (κ3) is 1.47. The van der Waals surface area contributed by atoms with E-state index in [1.807, 2.05) is 6.08 Å². The monoisotopic (exact) mass is 225 g/mol. The number of ether oxygens (including phenoxy) is 2. The highest BCUT2D eigenvalue weighted by atomic mass is 16.7. The van der Waals surface area contributed by atoms with Crippen LogP contribution in [0.1, 0.15) is 12.8 Å². The molecule has 0 bridgehead atoms. The van der Waals surface area contributed by atoms with Crippen LogP contribution in [0.2, 0.25) is 0 Å². The topological polar surface area (TPSA) is 59.0 Å². The number of carbonyl (C=O) groups is 1. The molecule has 0 spiro atoms. The Kier molecular flexibility index (Phi) is 2.46. The fraction of sp³-hybridized carbons (Fsp3) is 0.727. The van der Waals surface area contributed by atoms with Crippen LogP contribution in [0.25, 0.3) is 0 Å². The maximum atomic E-state index is 11.6. The lowest BCUT2D eigenvalue weighted by molar-refractivity contribution is -0.129. The Labute approximate surface area is 93.6 Å². The van der Waals surface area contributed by atoms with E-state index in [2.05, 4.69) is 0 Å². The minimum absolute atomic E-state index is 0.0288. The molecule has 0 unspecified atom stereocenters. The van der Waals surface area contributed by atoms with Gasteiger partial charge in [0.2, 0.25) is 5.91 Å². The molecule has 1 N–H and O–H groups in total. The molecule has 3 rings (SSSR count). The highest BCUT2D eigenvalue weighted by molar-refractivity contribution is 5.80. The smallest absolute Gasteiger partial charge is 0.225 e. The normalized spacial score (nSPS) is 35.4. The molecule has 0 radical (unpaired) electrons. The van der Waals surface area contributed by atoms with Crippen molar-refractivity contribution in [2.24, 2.45) is 0 Å². The number of hydrogen-bond donors (Lipinski definition) is 1. The van der Waals surface area contributed by atoms with Crippen molar-refractivity contribution in [1.82, 2.24) is 4.90 Å². The van der Waals surface area contributed by atoms with Crippen molar-refractivity contribution in [2.45, 2.75) is 31.3 Å². The van der Waals surface area contributed by atoms with E-state index in [-0.39, 0.29) is 24.7 Å². The van der Waals surface area contributed by atoms with Gasteiger partial charge >= 0.3 is 0 Å². The van der Waals surface area contributed by atoms with Crippen molar-refractivity contribution in [3.8, 4) is 0 Å². The Balaban J connectivity index is 1.87. The fourth-order valence-corrected chi connectivity index (χ4v) is 2.71. The van der Waals surface area contributed by atoms with Gasteiger partial charge in [0.1, 0.15) is 0 Å². The maximum Gasteiger partial charge on any atom is 0.225 e. The van der Waals surface area contributed by atoms with Crippen molar-refractivity contribution >= 4 is 5.91 Å². The van der Waals surface area contributed by atoms with Crippen LogP contribution >= 0.6 is 0 Å². The van der Waals surface area contributed by atoms with Crippen LogP contribution in [-0.4, -0.2) is 54.1 Å². The number of nitrogens with zero attached hydrogens (tertiary/aromatic N) is 1. The zero-order valence-corrected chi connectivity index (χ0v) is 8.96. The van der Waals surface area contributed by atoms with Crippen LogP contribution in [0.3, 0.4) is 0 Å². The molecule has 0 aromatic rings. The van der Waals surface area contributed by atoms with Gasteiger partial charge in [-0.25, -0.2) is 0 Å². The Morgan fingerprint density at radius 1 is 1.38 bits per heavy atom. The average molecular weight is 225 g/mol. The minimum atomic E-state index is -0.619. The summed E-state index contributed by atoms with van der Waals surface area (Å²) < 4.78 is 10.9. The first-order valence-electron chi connectivity index (χ1n) is 5.68. The lowest BCUT2D eigenvalue weighted by atomic mass is 9.97. The summed E-state index contributed by atoms with van der Waals surface area (Å²) in [5, 5.41) is 9.91. The maximum absolute atomic E-state index is 11.6. The van der Waals surface area contributed by atoms with Crippen LogP contribution in [0.15, 0.2) is 11.6 Å². The van der Waals surface area contributed by atoms with Crippen LogP contribution < -0.4 is 0 Å². The number of rotatable bonds is 1. The number of hydrogen-bond acceptors (Lipinski definition) is 4. The Bertz CT molecular complexity index is 335. The van der Waals surface area contributed by atoms with Crippen molar-refractivity contribution in [3.63, 3.8) is 0 Å². The van der Waals surface area contributed by atoms with E-state index in [9.17, 15) is 9.90 Å². The lowest BCUT2D eigenvalue weighted by Crippen LogP contribution is -2.44. The number of fused-ring (bicyclic) bond motifs is 1. The van der Waals surface area contributed by atoms with Crippen molar-refractivity contribution in [2.75, 3.05) is 19.8 Å². The van der Waals surface area contributed by atoms with Crippen molar-refractivity contribution in [3.05, 3.63) is 11.6 Å². The van der Waals surface area contributed by atoms with E-state index < -0.39 is 6.10 Å². The Morgan fingerprint density at radius 3 is 2.88 bits per heavy atom. The van der Waals surface area contributed by atoms with Crippen molar-refractivity contribution in [1.29, 1.82) is 0 Å². The molecule has 88 valence electrons. The van der Waals surface area contributed by atoms with Gasteiger partial charge in [0.15, 0.2) is 6.29 Å². The summed E-state index contributed by atoms with van der Waals surface area (Å²) in [6, 6.07) is -0.232. The lowest BCUT2D eigenvalue weighted by Gasteiger charge is -2.33. The van der Waals surface area contributed by atoms with Crippen molar-refractivity contribution < 1.29 is 19.4 Å². The van der Waals surface area contributed by atoms with Crippen LogP contribution in [0.5, 0.6) is 0 Å². The van der Waals surface area contributed by atoms with Gasteiger partial charge in [-0.15, -0.1) is 0 Å². The molecule has 0 aromatic heterocycles. The predicted octanol–water partition coefficient (Wildman–Crippen LogP) is -0.349. The molecule has 3 heterocycles. The van der Waals surface area contributed by atoms with Gasteiger partial charge in [0.25, 0.3) is 0 Å². The van der Waals surface area contributed by atoms with E-state index in [1.165, 1.54) is 0 Å². The minimum Gasteiger partial charge on any atom is -0.390 e. The summed E-state index contributed by atoms with van der Waals surface area (Å²) in [4.78, 5) is 13.4. The average Bonchev–Trinajstić information content (AvgIpc) is 2.88. The Morgan fingerprint density at radius 2 is 2.12 bits per heavy atom. The molecule has 0 aliphatic carbocycles. The summed E-state index contributed by atoms with van der Waals surface area (Å²) >= 11 is 0. The quantitative estimate of drug-likeness (QED) is 0.620. The van der Waals surface area contributed by atoms with Crippen LogP contribution in [-0.2, 0) is 14.3 Å². The largest absolute Gasteiger partial charge is 0.390 e. The highest BCUT2D eigenvalue weighted by Crippen LogP contribution is 2.33. The molecule has 3 aliphatic heterocycles. The van der Waals surface area contributed by atoms with Gasteiger partial charge < -0.3 is 19.5 Å². The molecule has 16 heavy (non-hydrogen) atoms. The summed E-state index contributed by atoms with van der Waals surface area (Å²) in [7, 11) is 0. The fourth-order valence-electron chi connectivity index (χ4n) is 2.71. The molecule has 2 fully saturated rings.